The van der Waals surface area contributed by atoms with E-state index < -0.39 is 15.8 Å². The Morgan fingerprint density at radius 2 is 1.67 bits per heavy atom. The lowest BCUT2D eigenvalue weighted by Crippen LogP contribution is -2.19. The molecule has 0 aliphatic rings. The highest BCUT2D eigenvalue weighted by molar-refractivity contribution is 7.92. The minimum absolute atomic E-state index is 0.00879. The lowest BCUT2D eigenvalue weighted by Gasteiger charge is -2.07. The smallest absolute Gasteiger partial charge is 0.280 e. The minimum atomic E-state index is -3.92. The van der Waals surface area contributed by atoms with Gasteiger partial charge < -0.3 is 0 Å². The molecule has 0 aliphatic heterocycles. The maximum atomic E-state index is 13.5. The van der Waals surface area contributed by atoms with E-state index in [0.717, 1.165) is 5.56 Å². The summed E-state index contributed by atoms with van der Waals surface area (Å²) in [6.45, 7) is 3.43. The molecule has 0 spiro atoms. The summed E-state index contributed by atoms with van der Waals surface area (Å²) in [5.74, 6) is -0.432. The van der Waals surface area contributed by atoms with E-state index in [1.807, 2.05) is 30.3 Å². The predicted molar refractivity (Wildman–Crippen MR) is 148 cm³/mol. The molecule has 2 heterocycles. The van der Waals surface area contributed by atoms with Crippen LogP contribution in [0, 0.1) is 12.7 Å². The van der Waals surface area contributed by atoms with Gasteiger partial charge in [-0.25, -0.2) is 32.2 Å². The number of anilines is 1. The zero-order valence-electron chi connectivity index (χ0n) is 21.0. The van der Waals surface area contributed by atoms with Crippen molar-refractivity contribution < 1.29 is 12.8 Å². The number of sulfonamides is 1. The fourth-order valence-corrected chi connectivity index (χ4v) is 4.94. The number of hydrogen-bond acceptors (Lipinski definition) is 6. The minimum Gasteiger partial charge on any atom is -0.290 e. The van der Waals surface area contributed by atoms with Crippen molar-refractivity contribution >= 4 is 27.4 Å². The average Bonchev–Trinajstić information content (AvgIpc) is 3.27. The van der Waals surface area contributed by atoms with Crippen LogP contribution in [0.25, 0.3) is 16.9 Å². The number of aliphatic imine (C=N–C) groups is 1. The van der Waals surface area contributed by atoms with Gasteiger partial charge in [0.1, 0.15) is 5.82 Å². The molecule has 2 N–H and O–H groups in total. The SMILES string of the molecule is CC(=Nc1ccc(S(=O)(=O)Nc2nccc(C)n2)cc1)c1c(-c2ccccc2)[nH]n(-c2ccc(F)cc2)c1=O. The Hall–Kier alpha value is -4.90. The Morgan fingerprint density at radius 3 is 2.33 bits per heavy atom. The maximum Gasteiger partial charge on any atom is 0.280 e. The third-order valence-electron chi connectivity index (χ3n) is 5.86. The zero-order chi connectivity index (χ0) is 27.6. The molecular weight excluding hydrogens is 519 g/mol. The van der Waals surface area contributed by atoms with Gasteiger partial charge in [-0.05, 0) is 68.4 Å². The second-order valence-electron chi connectivity index (χ2n) is 8.66. The van der Waals surface area contributed by atoms with Crippen molar-refractivity contribution in [3.8, 4) is 16.9 Å². The van der Waals surface area contributed by atoms with Crippen LogP contribution in [0.4, 0.5) is 16.0 Å². The molecule has 0 saturated heterocycles. The van der Waals surface area contributed by atoms with Gasteiger partial charge in [-0.15, -0.1) is 0 Å². The highest BCUT2D eigenvalue weighted by Gasteiger charge is 2.20. The van der Waals surface area contributed by atoms with E-state index in [9.17, 15) is 17.6 Å². The number of rotatable bonds is 7. The third-order valence-corrected chi connectivity index (χ3v) is 7.21. The van der Waals surface area contributed by atoms with Crippen molar-refractivity contribution in [2.45, 2.75) is 18.7 Å². The van der Waals surface area contributed by atoms with Crippen LogP contribution >= 0.6 is 0 Å². The van der Waals surface area contributed by atoms with Crippen LogP contribution in [-0.2, 0) is 10.0 Å². The number of nitrogens with zero attached hydrogens (tertiary/aromatic N) is 4. The summed E-state index contributed by atoms with van der Waals surface area (Å²) in [4.78, 5) is 26.1. The Balaban J connectivity index is 1.50. The number of halogens is 1. The van der Waals surface area contributed by atoms with E-state index in [1.54, 1.807) is 32.0 Å². The number of hydrogen-bond donors (Lipinski definition) is 2. The number of aromatic amines is 1. The van der Waals surface area contributed by atoms with E-state index >= 15 is 0 Å². The molecule has 0 amide bonds. The first-order chi connectivity index (χ1) is 18.7. The van der Waals surface area contributed by atoms with Crippen molar-refractivity contribution in [3.05, 3.63) is 119 Å². The molecule has 0 bridgehead atoms. The standard InChI is InChI=1S/C28H23FN6O3S/c1-18-16-17-30-28(31-18)34-39(37,38)24-14-10-22(11-15-24)32-19(2)25-26(20-6-4-3-5-7-20)33-35(27(25)36)23-12-8-21(29)9-13-23/h3-17,33H,1-2H3,(H,30,31,34). The summed E-state index contributed by atoms with van der Waals surface area (Å²) in [7, 11) is -3.92. The molecule has 0 aliphatic carbocycles. The summed E-state index contributed by atoms with van der Waals surface area (Å²) in [5, 5.41) is 3.13. The molecule has 0 radical (unpaired) electrons. The second-order valence-corrected chi connectivity index (χ2v) is 10.3. The van der Waals surface area contributed by atoms with E-state index in [2.05, 4.69) is 24.8 Å². The van der Waals surface area contributed by atoms with Gasteiger partial charge in [0, 0.05) is 17.5 Å². The summed E-state index contributed by atoms with van der Waals surface area (Å²) in [5.41, 5.74) is 3.25. The largest absolute Gasteiger partial charge is 0.290 e. The molecular formula is C28H23FN6O3S. The normalized spacial score (nSPS) is 11.9. The molecule has 196 valence electrons. The van der Waals surface area contributed by atoms with Crippen molar-refractivity contribution in [1.82, 2.24) is 19.7 Å². The van der Waals surface area contributed by atoms with Crippen molar-refractivity contribution in [1.29, 1.82) is 0 Å². The first-order valence-electron chi connectivity index (χ1n) is 11.9. The van der Waals surface area contributed by atoms with Gasteiger partial charge in [-0.2, -0.15) is 0 Å². The summed E-state index contributed by atoms with van der Waals surface area (Å²) in [6.07, 6.45) is 1.47. The van der Waals surface area contributed by atoms with Gasteiger partial charge in [0.05, 0.1) is 33.2 Å². The summed E-state index contributed by atoms with van der Waals surface area (Å²) in [6, 6.07) is 22.5. The highest BCUT2D eigenvalue weighted by atomic mass is 32.2. The molecule has 11 heteroatoms. The number of benzene rings is 3. The van der Waals surface area contributed by atoms with Crippen LogP contribution in [0.3, 0.4) is 0 Å². The van der Waals surface area contributed by atoms with Crippen LogP contribution in [-0.4, -0.2) is 33.9 Å². The average molecular weight is 543 g/mol. The molecule has 2 aromatic heterocycles. The molecule has 0 saturated carbocycles. The number of aromatic nitrogens is 4. The van der Waals surface area contributed by atoms with Crippen molar-refractivity contribution in [3.63, 3.8) is 0 Å². The number of H-pyrrole nitrogens is 1. The fourth-order valence-electron chi connectivity index (χ4n) is 3.99. The van der Waals surface area contributed by atoms with Crippen molar-refractivity contribution in [2.75, 3.05) is 4.72 Å². The molecule has 5 aromatic rings. The molecule has 0 unspecified atom stereocenters. The lowest BCUT2D eigenvalue weighted by molar-refractivity contribution is 0.601. The van der Waals surface area contributed by atoms with Crippen LogP contribution < -0.4 is 10.3 Å². The zero-order valence-corrected chi connectivity index (χ0v) is 21.8. The monoisotopic (exact) mass is 542 g/mol. The molecule has 5 rings (SSSR count). The third kappa shape index (κ3) is 5.53. The van der Waals surface area contributed by atoms with E-state index in [0.29, 0.717) is 34.0 Å². The van der Waals surface area contributed by atoms with E-state index in [4.69, 9.17) is 0 Å². The van der Waals surface area contributed by atoms with Crippen LogP contribution in [0.2, 0.25) is 0 Å². The second kappa shape index (κ2) is 10.5. The lowest BCUT2D eigenvalue weighted by atomic mass is 10.1. The van der Waals surface area contributed by atoms with E-state index in [1.165, 1.54) is 47.3 Å². The van der Waals surface area contributed by atoms with Gasteiger partial charge >= 0.3 is 0 Å². The fraction of sp³-hybridized carbons (Fsp3) is 0.0714. The summed E-state index contributed by atoms with van der Waals surface area (Å²) >= 11 is 0. The van der Waals surface area contributed by atoms with Crippen LogP contribution in [0.1, 0.15) is 18.2 Å². The first-order valence-corrected chi connectivity index (χ1v) is 13.3. The quantitative estimate of drug-likeness (QED) is 0.280. The van der Waals surface area contributed by atoms with Gasteiger partial charge in [0.15, 0.2) is 0 Å². The molecule has 0 fully saturated rings. The predicted octanol–water partition coefficient (Wildman–Crippen LogP) is 5.01. The van der Waals surface area contributed by atoms with Gasteiger partial charge in [-0.1, -0.05) is 30.3 Å². The summed E-state index contributed by atoms with van der Waals surface area (Å²) < 4.78 is 42.7. The highest BCUT2D eigenvalue weighted by Crippen LogP contribution is 2.24. The maximum absolute atomic E-state index is 13.5. The first kappa shape index (κ1) is 25.7. The molecule has 39 heavy (non-hydrogen) atoms. The number of aryl methyl sites for hydroxylation is 1. The van der Waals surface area contributed by atoms with Crippen LogP contribution in [0.15, 0.2) is 106 Å². The van der Waals surface area contributed by atoms with Crippen LogP contribution in [0.5, 0.6) is 0 Å². The van der Waals surface area contributed by atoms with Crippen molar-refractivity contribution in [2.24, 2.45) is 4.99 Å². The van der Waals surface area contributed by atoms with Gasteiger partial charge in [0.25, 0.3) is 15.6 Å². The Morgan fingerprint density at radius 1 is 0.974 bits per heavy atom. The molecule has 0 atom stereocenters. The van der Waals surface area contributed by atoms with Gasteiger partial charge in [-0.3, -0.25) is 14.9 Å². The Kier molecular flexibility index (Phi) is 6.90. The Bertz CT molecular complexity index is 1830. The number of nitrogens with one attached hydrogen (secondary N) is 2. The molecule has 9 nitrogen and oxygen atoms in total. The Labute approximate surface area is 223 Å². The van der Waals surface area contributed by atoms with Gasteiger partial charge in [0.2, 0.25) is 5.95 Å². The van der Waals surface area contributed by atoms with E-state index in [-0.39, 0.29) is 16.4 Å². The molecule has 3 aromatic carbocycles. The topological polar surface area (TPSA) is 122 Å².